The van der Waals surface area contributed by atoms with Crippen molar-refractivity contribution in [2.75, 3.05) is 31.6 Å². The molecule has 2 aliphatic rings. The van der Waals surface area contributed by atoms with Crippen LogP contribution in [-0.4, -0.2) is 68.8 Å². The minimum atomic E-state index is -4.06. The molecule has 0 aromatic heterocycles. The number of unbranched alkanes of at least 4 members (excludes halogenated alkanes) is 2. The SMILES string of the molecule is CCCCN(CCCC)c1ccc(/C=C2/C(=C3\C(=N)N(CC(=O)OC)N=C3C(=O)O)c3ccccc3S2(=O)=O)cc1. The van der Waals surface area contributed by atoms with Crippen molar-refractivity contribution in [3.63, 3.8) is 0 Å². The number of carboxylic acid groups (broad SMARTS) is 1. The second kappa shape index (κ2) is 12.5. The van der Waals surface area contributed by atoms with E-state index in [1.807, 2.05) is 24.3 Å². The van der Waals surface area contributed by atoms with E-state index in [9.17, 15) is 23.1 Å². The Hall–Kier alpha value is -4.25. The molecule has 0 saturated heterocycles. The zero-order valence-electron chi connectivity index (χ0n) is 23.4. The number of allylic oxidation sites excluding steroid dienone is 1. The van der Waals surface area contributed by atoms with E-state index in [0.29, 0.717) is 5.56 Å². The number of anilines is 1. The van der Waals surface area contributed by atoms with Crippen LogP contribution in [0.3, 0.4) is 0 Å². The Morgan fingerprint density at radius 2 is 1.66 bits per heavy atom. The van der Waals surface area contributed by atoms with E-state index in [1.165, 1.54) is 19.3 Å². The average Bonchev–Trinajstić information content (AvgIpc) is 3.39. The number of hydrogen-bond donors (Lipinski definition) is 2. The molecule has 0 unspecified atom stereocenters. The molecule has 4 rings (SSSR count). The fraction of sp³-hybridized carbons (Fsp3) is 0.333. The number of aliphatic carboxylic acids is 1. The van der Waals surface area contributed by atoms with E-state index in [0.717, 1.165) is 49.5 Å². The Morgan fingerprint density at radius 1 is 1.02 bits per heavy atom. The first-order valence-electron chi connectivity index (χ1n) is 13.5. The zero-order chi connectivity index (χ0) is 29.7. The highest BCUT2D eigenvalue weighted by molar-refractivity contribution is 7.96. The summed E-state index contributed by atoms with van der Waals surface area (Å²) in [5.41, 5.74) is 1.29. The molecule has 0 bridgehead atoms. The number of nitrogens with one attached hydrogen (secondary N) is 1. The number of benzene rings is 2. The number of carboxylic acids is 1. The van der Waals surface area contributed by atoms with Crippen LogP contribution >= 0.6 is 0 Å². The van der Waals surface area contributed by atoms with E-state index in [1.54, 1.807) is 18.2 Å². The van der Waals surface area contributed by atoms with E-state index in [2.05, 4.69) is 28.6 Å². The molecule has 2 heterocycles. The van der Waals surface area contributed by atoms with Crippen LogP contribution in [0.25, 0.3) is 11.6 Å². The van der Waals surface area contributed by atoms with Gasteiger partial charge in [0.05, 0.1) is 22.5 Å². The highest BCUT2D eigenvalue weighted by Gasteiger charge is 2.43. The average molecular weight is 579 g/mol. The number of carbonyl (C=O) groups is 2. The third-order valence-corrected chi connectivity index (χ3v) is 8.85. The molecule has 2 N–H and O–H groups in total. The minimum Gasteiger partial charge on any atom is -0.476 e. The Balaban J connectivity index is 1.85. The number of ether oxygens (including phenoxy) is 1. The molecule has 0 amide bonds. The summed E-state index contributed by atoms with van der Waals surface area (Å²) < 4.78 is 32.3. The van der Waals surface area contributed by atoms with Gasteiger partial charge >= 0.3 is 11.9 Å². The second-order valence-corrected chi connectivity index (χ2v) is 11.7. The van der Waals surface area contributed by atoms with Gasteiger partial charge in [-0.15, -0.1) is 0 Å². The minimum absolute atomic E-state index is 0.0135. The van der Waals surface area contributed by atoms with Crippen LogP contribution in [0, 0.1) is 5.41 Å². The number of fused-ring (bicyclic) bond motifs is 1. The van der Waals surface area contributed by atoms with Gasteiger partial charge in [-0.3, -0.25) is 10.2 Å². The van der Waals surface area contributed by atoms with Gasteiger partial charge in [-0.05, 0) is 42.7 Å². The summed E-state index contributed by atoms with van der Waals surface area (Å²) in [5, 5.41) is 23.5. The van der Waals surface area contributed by atoms with Crippen molar-refractivity contribution in [1.82, 2.24) is 5.01 Å². The number of hydrogen-bond acceptors (Lipinski definition) is 8. The first-order chi connectivity index (χ1) is 19.6. The predicted octanol–water partition coefficient (Wildman–Crippen LogP) is 4.58. The molecular weight excluding hydrogens is 544 g/mol. The predicted molar refractivity (Wildman–Crippen MR) is 159 cm³/mol. The molecule has 2 aromatic carbocycles. The Labute approximate surface area is 240 Å². The number of sulfone groups is 1. The third-order valence-electron chi connectivity index (χ3n) is 7.01. The van der Waals surface area contributed by atoms with E-state index in [-0.39, 0.29) is 26.5 Å². The van der Waals surface area contributed by atoms with Gasteiger partial charge in [-0.2, -0.15) is 5.10 Å². The summed E-state index contributed by atoms with van der Waals surface area (Å²) in [6.07, 6.45) is 5.79. The lowest BCUT2D eigenvalue weighted by molar-refractivity contribution is -0.141. The molecule has 10 nitrogen and oxygen atoms in total. The van der Waals surface area contributed by atoms with Gasteiger partial charge in [-0.1, -0.05) is 57.0 Å². The molecule has 41 heavy (non-hydrogen) atoms. The van der Waals surface area contributed by atoms with Crippen LogP contribution in [0.2, 0.25) is 0 Å². The highest BCUT2D eigenvalue weighted by Crippen LogP contribution is 2.46. The van der Waals surface area contributed by atoms with Crippen molar-refractivity contribution in [2.45, 2.75) is 44.4 Å². The molecule has 0 fully saturated rings. The molecule has 2 aliphatic heterocycles. The molecule has 0 saturated carbocycles. The number of esters is 1. The monoisotopic (exact) mass is 578 g/mol. The molecular formula is C30H34N4O6S. The normalized spacial score (nSPS) is 18.4. The summed E-state index contributed by atoms with van der Waals surface area (Å²) >= 11 is 0. The lowest BCUT2D eigenvalue weighted by atomic mass is 9.95. The van der Waals surface area contributed by atoms with Gasteiger partial charge in [-0.25, -0.2) is 18.2 Å². The van der Waals surface area contributed by atoms with Crippen molar-refractivity contribution in [2.24, 2.45) is 5.10 Å². The lowest BCUT2D eigenvalue weighted by Gasteiger charge is -2.24. The quantitative estimate of drug-likeness (QED) is 0.369. The molecule has 0 aliphatic carbocycles. The second-order valence-electron chi connectivity index (χ2n) is 9.78. The van der Waals surface area contributed by atoms with Crippen molar-refractivity contribution in [3.8, 4) is 0 Å². The number of hydrazone groups is 1. The largest absolute Gasteiger partial charge is 0.476 e. The fourth-order valence-corrected chi connectivity index (χ4v) is 6.58. The number of nitrogens with zero attached hydrogens (tertiary/aromatic N) is 3. The molecule has 0 radical (unpaired) electrons. The van der Waals surface area contributed by atoms with Crippen LogP contribution < -0.4 is 4.90 Å². The molecule has 11 heteroatoms. The number of amidine groups is 1. The van der Waals surface area contributed by atoms with Crippen LogP contribution in [0.1, 0.15) is 50.7 Å². The fourth-order valence-electron chi connectivity index (χ4n) is 4.85. The Bertz CT molecular complexity index is 1550. The van der Waals surface area contributed by atoms with Crippen LogP contribution in [0.15, 0.2) is 69.0 Å². The summed E-state index contributed by atoms with van der Waals surface area (Å²) in [6.45, 7) is 5.67. The van der Waals surface area contributed by atoms with Crippen molar-refractivity contribution in [1.29, 1.82) is 5.41 Å². The maximum atomic E-state index is 13.8. The zero-order valence-corrected chi connectivity index (χ0v) is 24.2. The van der Waals surface area contributed by atoms with Gasteiger partial charge in [0, 0.05) is 29.9 Å². The maximum Gasteiger partial charge on any atom is 0.357 e. The van der Waals surface area contributed by atoms with E-state index in [4.69, 9.17) is 5.41 Å². The van der Waals surface area contributed by atoms with Crippen molar-refractivity contribution in [3.05, 3.63) is 70.1 Å². The Kier molecular flexibility index (Phi) is 9.07. The van der Waals surface area contributed by atoms with Crippen LogP contribution in [0.4, 0.5) is 5.69 Å². The number of methoxy groups -OCH3 is 1. The van der Waals surface area contributed by atoms with Gasteiger partial charge in [0.15, 0.2) is 11.5 Å². The Morgan fingerprint density at radius 3 is 2.24 bits per heavy atom. The van der Waals surface area contributed by atoms with Gasteiger partial charge in [0.25, 0.3) is 0 Å². The van der Waals surface area contributed by atoms with Crippen LogP contribution in [-0.2, 0) is 24.2 Å². The number of rotatable bonds is 11. The summed E-state index contributed by atoms with van der Waals surface area (Å²) in [5.74, 6) is -2.58. The maximum absolute atomic E-state index is 13.8. The molecule has 2 aromatic rings. The standard InChI is InChI=1S/C30H34N4O6S/c1-4-6-16-33(17-7-5-2)21-14-12-20(13-15-21)18-24-26(22-10-8-9-11-23(22)41(24,38)39)27-28(30(36)37)32-34(29(27)31)19-25(35)40-3/h8-15,18,31H,4-7,16-17,19H2,1-3H3,(H,36,37)/b24-18-,27-26-,31-29?. The van der Waals surface area contributed by atoms with Gasteiger partial charge < -0.3 is 14.7 Å². The van der Waals surface area contributed by atoms with Gasteiger partial charge in [0.2, 0.25) is 9.84 Å². The first kappa shape index (κ1) is 29.7. The van der Waals surface area contributed by atoms with E-state index >= 15 is 0 Å². The third kappa shape index (κ3) is 5.95. The summed E-state index contributed by atoms with van der Waals surface area (Å²) in [4.78, 5) is 26.3. The van der Waals surface area contributed by atoms with E-state index < -0.39 is 39.9 Å². The topological polar surface area (TPSA) is 140 Å². The first-order valence-corrected chi connectivity index (χ1v) is 15.0. The highest BCUT2D eigenvalue weighted by atomic mass is 32.2. The summed E-state index contributed by atoms with van der Waals surface area (Å²) in [7, 11) is -2.89. The molecule has 216 valence electrons. The smallest absolute Gasteiger partial charge is 0.357 e. The summed E-state index contributed by atoms with van der Waals surface area (Å²) in [6, 6.07) is 13.9. The molecule has 0 atom stereocenters. The van der Waals surface area contributed by atoms with Crippen molar-refractivity contribution < 1.29 is 27.9 Å². The lowest BCUT2D eigenvalue weighted by Crippen LogP contribution is -2.29. The molecule has 0 spiro atoms. The van der Waals surface area contributed by atoms with Crippen LogP contribution in [0.5, 0.6) is 0 Å². The van der Waals surface area contributed by atoms with Crippen molar-refractivity contribution >= 4 is 50.7 Å². The van der Waals surface area contributed by atoms with Gasteiger partial charge in [0.1, 0.15) is 6.54 Å². The number of carbonyl (C=O) groups excluding carboxylic acids is 1.